The molecule has 0 aliphatic carbocycles. The lowest BCUT2D eigenvalue weighted by Gasteiger charge is -2.23. The molecule has 0 aliphatic rings. The molecule has 2 aromatic heterocycles. The molecule has 0 saturated carbocycles. The third-order valence-electron chi connectivity index (χ3n) is 6.41. The first-order chi connectivity index (χ1) is 19.8. The maximum atomic E-state index is 13.4. The number of benzene rings is 3. The number of rotatable bonds is 10. The number of carbonyl (C=O) groups is 1. The van der Waals surface area contributed by atoms with Crippen molar-refractivity contribution in [1.29, 1.82) is 0 Å². The number of carbonyl (C=O) groups excluding carboxylic acids is 1. The molecule has 3 aromatic carbocycles. The third kappa shape index (κ3) is 5.71. The molecule has 0 atom stereocenters. The SMILES string of the molecule is CCN(c1ccc2sc(C(=O)Nc3cc(-c4csc(NC)n4)ccc3OC)cc2c1)S(=O)(=O)c1ccc(OC)cc1. The number of nitrogens with one attached hydrogen (secondary N) is 2. The molecular weight excluding hydrogens is 581 g/mol. The van der Waals surface area contributed by atoms with E-state index in [0.29, 0.717) is 27.8 Å². The molecule has 5 rings (SSSR count). The average molecular weight is 609 g/mol. The van der Waals surface area contributed by atoms with Crippen molar-refractivity contribution in [3.63, 3.8) is 0 Å². The van der Waals surface area contributed by atoms with Crippen LogP contribution in [0, 0.1) is 0 Å². The van der Waals surface area contributed by atoms with Crippen LogP contribution in [0.3, 0.4) is 0 Å². The molecule has 2 heterocycles. The van der Waals surface area contributed by atoms with Crippen molar-refractivity contribution in [2.75, 3.05) is 42.8 Å². The van der Waals surface area contributed by atoms with Gasteiger partial charge < -0.3 is 20.1 Å². The average Bonchev–Trinajstić information content (AvgIpc) is 3.65. The van der Waals surface area contributed by atoms with Gasteiger partial charge in [0, 0.05) is 29.2 Å². The van der Waals surface area contributed by atoms with Gasteiger partial charge in [-0.1, -0.05) is 0 Å². The highest BCUT2D eigenvalue weighted by atomic mass is 32.2. The van der Waals surface area contributed by atoms with Gasteiger partial charge >= 0.3 is 0 Å². The van der Waals surface area contributed by atoms with Crippen molar-refractivity contribution < 1.29 is 22.7 Å². The van der Waals surface area contributed by atoms with Gasteiger partial charge in [0.05, 0.1) is 41.1 Å². The van der Waals surface area contributed by atoms with Gasteiger partial charge in [-0.3, -0.25) is 9.10 Å². The molecule has 0 radical (unpaired) electrons. The Balaban J connectivity index is 1.41. The zero-order valence-electron chi connectivity index (χ0n) is 22.8. The molecule has 0 fully saturated rings. The predicted molar refractivity (Wildman–Crippen MR) is 167 cm³/mol. The first-order valence-electron chi connectivity index (χ1n) is 12.6. The number of amides is 1. The summed E-state index contributed by atoms with van der Waals surface area (Å²) in [7, 11) is 1.09. The highest BCUT2D eigenvalue weighted by molar-refractivity contribution is 7.92. The van der Waals surface area contributed by atoms with Gasteiger partial charge in [-0.05, 0) is 79.0 Å². The predicted octanol–water partition coefficient (Wildman–Crippen LogP) is 6.55. The fourth-order valence-electron chi connectivity index (χ4n) is 4.33. The molecule has 12 heteroatoms. The Morgan fingerprint density at radius 2 is 1.78 bits per heavy atom. The fraction of sp³-hybridized carbons (Fsp3) is 0.172. The van der Waals surface area contributed by atoms with E-state index >= 15 is 0 Å². The van der Waals surface area contributed by atoms with Gasteiger partial charge in [0.1, 0.15) is 11.5 Å². The molecule has 0 aliphatic heterocycles. The van der Waals surface area contributed by atoms with Gasteiger partial charge in [-0.25, -0.2) is 13.4 Å². The molecule has 0 bridgehead atoms. The van der Waals surface area contributed by atoms with Crippen LogP contribution in [0.2, 0.25) is 0 Å². The largest absolute Gasteiger partial charge is 0.497 e. The van der Waals surface area contributed by atoms with Crippen LogP contribution >= 0.6 is 22.7 Å². The van der Waals surface area contributed by atoms with Crippen LogP contribution in [-0.2, 0) is 10.0 Å². The van der Waals surface area contributed by atoms with E-state index in [-0.39, 0.29) is 17.3 Å². The van der Waals surface area contributed by atoms with Crippen LogP contribution in [0.15, 0.2) is 77.0 Å². The highest BCUT2D eigenvalue weighted by Crippen LogP contribution is 2.35. The number of sulfonamides is 1. The van der Waals surface area contributed by atoms with Crippen molar-refractivity contribution in [3.8, 4) is 22.8 Å². The summed E-state index contributed by atoms with van der Waals surface area (Å²) in [6.45, 7) is 2.02. The molecule has 2 N–H and O–H groups in total. The first kappa shape index (κ1) is 28.4. The Morgan fingerprint density at radius 1 is 1.00 bits per heavy atom. The van der Waals surface area contributed by atoms with Gasteiger partial charge in [0.25, 0.3) is 15.9 Å². The minimum atomic E-state index is -3.80. The molecule has 5 aromatic rings. The molecule has 1 amide bonds. The summed E-state index contributed by atoms with van der Waals surface area (Å²) < 4.78 is 39.7. The van der Waals surface area contributed by atoms with Crippen LogP contribution in [0.4, 0.5) is 16.5 Å². The Bertz CT molecular complexity index is 1810. The van der Waals surface area contributed by atoms with Crippen LogP contribution in [0.1, 0.15) is 16.6 Å². The second-order valence-corrected chi connectivity index (χ2v) is 12.6. The number of fused-ring (bicyclic) bond motifs is 1. The number of anilines is 3. The fourth-order valence-corrected chi connectivity index (χ4v) is 7.42. The van der Waals surface area contributed by atoms with Crippen LogP contribution in [0.5, 0.6) is 11.5 Å². The second kappa shape index (κ2) is 11.8. The summed E-state index contributed by atoms with van der Waals surface area (Å²) in [6.07, 6.45) is 0. The molecule has 41 heavy (non-hydrogen) atoms. The zero-order valence-corrected chi connectivity index (χ0v) is 25.2. The van der Waals surface area contributed by atoms with Gasteiger partial charge in [0.2, 0.25) is 0 Å². The van der Waals surface area contributed by atoms with Crippen molar-refractivity contribution >= 4 is 65.2 Å². The summed E-state index contributed by atoms with van der Waals surface area (Å²) in [5.41, 5.74) is 2.67. The maximum absolute atomic E-state index is 13.4. The van der Waals surface area contributed by atoms with E-state index in [1.807, 2.05) is 30.6 Å². The molecule has 0 spiro atoms. The monoisotopic (exact) mass is 608 g/mol. The minimum Gasteiger partial charge on any atom is -0.497 e. The van der Waals surface area contributed by atoms with Crippen molar-refractivity contribution in [1.82, 2.24) is 4.98 Å². The minimum absolute atomic E-state index is 0.168. The summed E-state index contributed by atoms with van der Waals surface area (Å²) in [5.74, 6) is 0.806. The Labute approximate surface area is 246 Å². The van der Waals surface area contributed by atoms with Crippen LogP contribution in [0.25, 0.3) is 21.3 Å². The quantitative estimate of drug-likeness (QED) is 0.185. The number of hydrogen-bond acceptors (Lipinski definition) is 9. The summed E-state index contributed by atoms with van der Waals surface area (Å²) in [5, 5.41) is 9.50. The first-order valence-corrected chi connectivity index (χ1v) is 15.7. The molecule has 0 unspecified atom stereocenters. The molecule has 9 nitrogen and oxygen atoms in total. The van der Waals surface area contributed by atoms with Crippen LogP contribution in [-0.4, -0.2) is 47.1 Å². The Morgan fingerprint density at radius 3 is 2.44 bits per heavy atom. The normalized spacial score (nSPS) is 11.3. The van der Waals surface area contributed by atoms with Crippen molar-refractivity contribution in [3.05, 3.63) is 77.0 Å². The van der Waals surface area contributed by atoms with E-state index in [1.165, 1.54) is 46.2 Å². The highest BCUT2D eigenvalue weighted by Gasteiger charge is 2.24. The topological polar surface area (TPSA) is 110 Å². The van der Waals surface area contributed by atoms with Gasteiger partial charge in [-0.2, -0.15) is 0 Å². The third-order valence-corrected chi connectivity index (χ3v) is 10.3. The lowest BCUT2D eigenvalue weighted by atomic mass is 10.1. The Hall–Kier alpha value is -4.13. The van der Waals surface area contributed by atoms with Crippen molar-refractivity contribution in [2.45, 2.75) is 11.8 Å². The van der Waals surface area contributed by atoms with E-state index in [2.05, 4.69) is 15.6 Å². The smallest absolute Gasteiger partial charge is 0.265 e. The summed E-state index contributed by atoms with van der Waals surface area (Å²) in [6, 6.07) is 19.0. The standard InChI is InChI=1S/C29H28N4O5S3/c1-5-33(41(35,36)22-10-8-21(37-3)9-11-22)20-7-13-26-19(14-20)16-27(40-26)28(34)31-23-15-18(6-12-25(23)38-4)24-17-39-29(30-2)32-24/h6-17H,5H2,1-4H3,(H,30,32)(H,31,34). The summed E-state index contributed by atoms with van der Waals surface area (Å²) in [4.78, 5) is 18.5. The number of ether oxygens (including phenoxy) is 2. The number of nitrogens with zero attached hydrogens (tertiary/aromatic N) is 2. The van der Waals surface area contributed by atoms with E-state index in [1.54, 1.807) is 50.4 Å². The van der Waals surface area contributed by atoms with E-state index in [0.717, 1.165) is 26.5 Å². The molecule has 212 valence electrons. The lowest BCUT2D eigenvalue weighted by Crippen LogP contribution is -2.30. The number of thiazole rings is 1. The number of thiophene rings is 1. The van der Waals surface area contributed by atoms with E-state index in [9.17, 15) is 13.2 Å². The van der Waals surface area contributed by atoms with Crippen LogP contribution < -0.4 is 24.4 Å². The second-order valence-electron chi connectivity index (χ2n) is 8.84. The summed E-state index contributed by atoms with van der Waals surface area (Å²) >= 11 is 2.82. The van der Waals surface area contributed by atoms with E-state index < -0.39 is 10.0 Å². The van der Waals surface area contributed by atoms with E-state index in [4.69, 9.17) is 9.47 Å². The van der Waals surface area contributed by atoms with Gasteiger partial charge in [-0.15, -0.1) is 22.7 Å². The Kier molecular flexibility index (Phi) is 8.15. The maximum Gasteiger partial charge on any atom is 0.265 e. The number of aromatic nitrogens is 1. The van der Waals surface area contributed by atoms with Gasteiger partial charge in [0.15, 0.2) is 5.13 Å². The zero-order chi connectivity index (χ0) is 29.1. The molecule has 0 saturated heterocycles. The molecular formula is C29H28N4O5S3. The number of hydrogen-bond donors (Lipinski definition) is 2. The lowest BCUT2D eigenvalue weighted by molar-refractivity contribution is 0.103. The van der Waals surface area contributed by atoms with Crippen molar-refractivity contribution in [2.24, 2.45) is 0 Å². The number of methoxy groups -OCH3 is 2.